The van der Waals surface area contributed by atoms with Crippen LogP contribution < -0.4 is 16.4 Å². The van der Waals surface area contributed by atoms with Gasteiger partial charge in [0.15, 0.2) is 17.0 Å². The first kappa shape index (κ1) is 25.0. The molecule has 4 N–H and O–H groups in total. The number of nitrogens with one attached hydrogen (secondary N) is 2. The van der Waals surface area contributed by atoms with E-state index in [-0.39, 0.29) is 24.8 Å². The van der Waals surface area contributed by atoms with E-state index in [0.717, 1.165) is 61.6 Å². The maximum atomic E-state index is 6.06. The molecule has 2 aromatic heterocycles. The summed E-state index contributed by atoms with van der Waals surface area (Å²) in [5, 5.41) is 7.10. The topological polar surface area (TPSA) is 93.7 Å². The van der Waals surface area contributed by atoms with Crippen LogP contribution in [-0.2, 0) is 0 Å². The lowest BCUT2D eigenvalue weighted by Crippen LogP contribution is -2.33. The van der Waals surface area contributed by atoms with E-state index in [4.69, 9.17) is 15.7 Å². The van der Waals surface area contributed by atoms with Gasteiger partial charge in [0.05, 0.1) is 6.33 Å². The maximum absolute atomic E-state index is 6.06. The Bertz CT molecular complexity index is 781. The van der Waals surface area contributed by atoms with Crippen LogP contribution in [0.1, 0.15) is 77.7 Å². The molecule has 2 saturated carbocycles. The van der Waals surface area contributed by atoms with Crippen LogP contribution in [0, 0.1) is 5.92 Å². The molecule has 2 heterocycles. The van der Waals surface area contributed by atoms with Crippen molar-refractivity contribution in [2.45, 2.75) is 89.8 Å². The number of nitrogens with zero attached hydrogens (tertiary/aromatic N) is 4. The SMILES string of the molecule is CC(C)CCNc1nc(N[C@H]2CC[C@H](N)CC2)nc2c1ncn2C1CCCC1.Cl.Cl. The van der Waals surface area contributed by atoms with Gasteiger partial charge in [-0.3, -0.25) is 0 Å². The fourth-order valence-corrected chi connectivity index (χ4v) is 4.48. The number of nitrogens with two attached hydrogens (primary N) is 1. The molecule has 0 radical (unpaired) electrons. The molecule has 7 nitrogen and oxygen atoms in total. The third kappa shape index (κ3) is 5.89. The second kappa shape index (κ2) is 11.3. The Morgan fingerprint density at radius 1 is 1.07 bits per heavy atom. The highest BCUT2D eigenvalue weighted by atomic mass is 35.5. The van der Waals surface area contributed by atoms with E-state index < -0.39 is 0 Å². The van der Waals surface area contributed by atoms with E-state index in [1.165, 1.54) is 25.7 Å². The molecule has 0 aromatic carbocycles. The lowest BCUT2D eigenvalue weighted by Gasteiger charge is -2.27. The number of hydrogen-bond acceptors (Lipinski definition) is 6. The van der Waals surface area contributed by atoms with Crippen molar-refractivity contribution in [2.75, 3.05) is 17.2 Å². The summed E-state index contributed by atoms with van der Waals surface area (Å²) in [4.78, 5) is 14.4. The van der Waals surface area contributed by atoms with Gasteiger partial charge in [-0.25, -0.2) is 4.98 Å². The summed E-state index contributed by atoms with van der Waals surface area (Å²) < 4.78 is 2.28. The first-order valence-corrected chi connectivity index (χ1v) is 11.1. The van der Waals surface area contributed by atoms with Gasteiger partial charge < -0.3 is 20.9 Å². The summed E-state index contributed by atoms with van der Waals surface area (Å²) in [5.41, 5.74) is 7.92. The molecule has 2 aromatic rings. The minimum atomic E-state index is 0. The minimum Gasteiger partial charge on any atom is -0.368 e. The van der Waals surface area contributed by atoms with Crippen molar-refractivity contribution < 1.29 is 0 Å². The molecule has 170 valence electrons. The molecule has 30 heavy (non-hydrogen) atoms. The number of fused-ring (bicyclic) bond motifs is 1. The average molecular weight is 458 g/mol. The summed E-state index contributed by atoms with van der Waals surface area (Å²) in [6.07, 6.45) is 12.4. The Labute approximate surface area is 192 Å². The summed E-state index contributed by atoms with van der Waals surface area (Å²) in [5.74, 6) is 2.24. The third-order valence-electron chi connectivity index (χ3n) is 6.26. The van der Waals surface area contributed by atoms with E-state index in [9.17, 15) is 0 Å². The second-order valence-electron chi connectivity index (χ2n) is 9.02. The molecule has 0 amide bonds. The van der Waals surface area contributed by atoms with Crippen molar-refractivity contribution in [1.29, 1.82) is 0 Å². The van der Waals surface area contributed by atoms with Gasteiger partial charge in [0.25, 0.3) is 0 Å². The van der Waals surface area contributed by atoms with Crippen LogP contribution in [0.2, 0.25) is 0 Å². The van der Waals surface area contributed by atoms with Crippen LogP contribution in [0.5, 0.6) is 0 Å². The summed E-state index contributed by atoms with van der Waals surface area (Å²) in [7, 11) is 0. The van der Waals surface area contributed by atoms with E-state index in [1.807, 2.05) is 6.33 Å². The summed E-state index contributed by atoms with van der Waals surface area (Å²) >= 11 is 0. The van der Waals surface area contributed by atoms with Crippen molar-refractivity contribution in [3.8, 4) is 0 Å². The Kier molecular flexibility index (Phi) is 9.44. The van der Waals surface area contributed by atoms with Crippen LogP contribution in [-0.4, -0.2) is 38.1 Å². The van der Waals surface area contributed by atoms with Crippen molar-refractivity contribution in [3.05, 3.63) is 6.33 Å². The first-order valence-electron chi connectivity index (χ1n) is 11.1. The zero-order valence-corrected chi connectivity index (χ0v) is 19.8. The van der Waals surface area contributed by atoms with E-state index in [2.05, 4.69) is 34.0 Å². The molecule has 4 rings (SSSR count). The van der Waals surface area contributed by atoms with Gasteiger partial charge in [-0.2, -0.15) is 9.97 Å². The largest absolute Gasteiger partial charge is 0.368 e. The molecular formula is C21H37Cl2N7. The van der Waals surface area contributed by atoms with Gasteiger partial charge in [-0.05, 0) is 50.9 Å². The maximum Gasteiger partial charge on any atom is 0.227 e. The van der Waals surface area contributed by atoms with Crippen LogP contribution in [0.25, 0.3) is 11.2 Å². The molecule has 0 saturated heterocycles. The zero-order valence-electron chi connectivity index (χ0n) is 18.1. The smallest absolute Gasteiger partial charge is 0.227 e. The zero-order chi connectivity index (χ0) is 19.5. The van der Waals surface area contributed by atoms with Crippen LogP contribution in [0.3, 0.4) is 0 Å². The molecule has 2 aliphatic carbocycles. The van der Waals surface area contributed by atoms with E-state index >= 15 is 0 Å². The van der Waals surface area contributed by atoms with Crippen molar-refractivity contribution in [2.24, 2.45) is 11.7 Å². The van der Waals surface area contributed by atoms with Gasteiger partial charge in [-0.15, -0.1) is 24.8 Å². The number of rotatable bonds is 7. The molecule has 0 unspecified atom stereocenters. The standard InChI is InChI=1S/C21H35N7.2ClH/c1-14(2)11-12-23-19-18-20(28(13-24-18)17-5-3-4-6-17)27-21(26-19)25-16-9-7-15(22)8-10-16;;/h13-17H,3-12,22H2,1-2H3,(H2,23,25,26,27);2*1H/t15-,16-;;. The summed E-state index contributed by atoms with van der Waals surface area (Å²) in [6, 6.07) is 1.27. The number of hydrogen-bond donors (Lipinski definition) is 3. The molecule has 2 aliphatic rings. The fraction of sp³-hybridized carbons (Fsp3) is 0.762. The number of anilines is 2. The molecule has 9 heteroatoms. The lowest BCUT2D eigenvalue weighted by molar-refractivity contribution is 0.410. The Morgan fingerprint density at radius 2 is 1.77 bits per heavy atom. The molecule has 0 spiro atoms. The first-order chi connectivity index (χ1) is 13.6. The minimum absolute atomic E-state index is 0. The van der Waals surface area contributed by atoms with Crippen molar-refractivity contribution >= 4 is 47.7 Å². The van der Waals surface area contributed by atoms with Crippen LogP contribution >= 0.6 is 24.8 Å². The predicted octanol–water partition coefficient (Wildman–Crippen LogP) is 4.92. The van der Waals surface area contributed by atoms with Gasteiger partial charge >= 0.3 is 0 Å². The van der Waals surface area contributed by atoms with Crippen molar-refractivity contribution in [3.63, 3.8) is 0 Å². The molecule has 2 fully saturated rings. The molecule has 0 bridgehead atoms. The highest BCUT2D eigenvalue weighted by Crippen LogP contribution is 2.33. The van der Waals surface area contributed by atoms with E-state index in [0.29, 0.717) is 24.0 Å². The fourth-order valence-electron chi connectivity index (χ4n) is 4.48. The highest BCUT2D eigenvalue weighted by molar-refractivity contribution is 5.86. The van der Waals surface area contributed by atoms with Gasteiger partial charge in [0.2, 0.25) is 5.95 Å². The normalized spacial score (nSPS) is 22.0. The van der Waals surface area contributed by atoms with Crippen LogP contribution in [0.15, 0.2) is 6.33 Å². The lowest BCUT2D eigenvalue weighted by atomic mass is 9.92. The monoisotopic (exact) mass is 457 g/mol. The number of imidazole rings is 1. The number of halogens is 2. The highest BCUT2D eigenvalue weighted by Gasteiger charge is 2.23. The van der Waals surface area contributed by atoms with Crippen molar-refractivity contribution in [1.82, 2.24) is 19.5 Å². The molecule has 0 aliphatic heterocycles. The third-order valence-corrected chi connectivity index (χ3v) is 6.26. The molecular weight excluding hydrogens is 421 g/mol. The Hall–Kier alpha value is -1.31. The second-order valence-corrected chi connectivity index (χ2v) is 9.02. The summed E-state index contributed by atoms with van der Waals surface area (Å²) in [6.45, 7) is 5.39. The number of aromatic nitrogens is 4. The predicted molar refractivity (Wildman–Crippen MR) is 129 cm³/mol. The average Bonchev–Trinajstić information content (AvgIpc) is 3.32. The van der Waals surface area contributed by atoms with Crippen LogP contribution in [0.4, 0.5) is 11.8 Å². The van der Waals surface area contributed by atoms with Gasteiger partial charge in [-0.1, -0.05) is 26.7 Å². The van der Waals surface area contributed by atoms with Gasteiger partial charge in [0, 0.05) is 24.7 Å². The Balaban J connectivity index is 0.00000160. The van der Waals surface area contributed by atoms with E-state index in [1.54, 1.807) is 0 Å². The molecule has 0 atom stereocenters. The van der Waals surface area contributed by atoms with Gasteiger partial charge in [0.1, 0.15) is 0 Å². The quantitative estimate of drug-likeness (QED) is 0.545. The Morgan fingerprint density at radius 3 is 2.43 bits per heavy atom.